The topological polar surface area (TPSA) is 241 Å². The van der Waals surface area contributed by atoms with Crippen molar-refractivity contribution in [2.45, 2.75) is 79.7 Å². The van der Waals surface area contributed by atoms with Crippen LogP contribution in [-0.4, -0.2) is 157 Å². The largest absolute Gasteiger partial charge is 0.744 e. The van der Waals surface area contributed by atoms with Gasteiger partial charge in [0.1, 0.15) is 32.3 Å². The van der Waals surface area contributed by atoms with E-state index in [0.29, 0.717) is 107 Å². The van der Waals surface area contributed by atoms with Crippen molar-refractivity contribution in [1.29, 1.82) is 0 Å². The number of carbonyl (C=O) groups is 2. The molecule has 0 radical (unpaired) electrons. The van der Waals surface area contributed by atoms with Crippen LogP contribution in [-0.2, 0) is 65.0 Å². The standard InChI is InChI=1S/C53H72N2O12.2C6H6O3S/c1-54(22-18-38-32-48(62-7)50(64-9)34-40(38)42(54)28-36-14-16-44(58-3)46(30-36)60-5)24-20-52(56)66-26-12-11-13-27-67-53(57)21-25-55(2)23-19-39-33-49(63-8)51(65-10)35-41(39)43(55)29-37-15-17-45(59-4)47(31-37)61-6;2*7-10(8,9)6-4-2-1-3-5-6/h14-17,30-35,42-43H,11-13,18-29H2,1-10H3;2*1-5H,(H,7,8,9)/q+2;;/p-2/t42-,43-,54-,55-;;/m1../s1. The van der Waals surface area contributed by atoms with Crippen molar-refractivity contribution >= 4 is 32.2 Å². The number of quaternary nitrogens is 2. The number of ether oxygens (including phenoxy) is 10. The maximum atomic E-state index is 13.2. The van der Waals surface area contributed by atoms with Gasteiger partial charge >= 0.3 is 11.9 Å². The maximum absolute atomic E-state index is 13.2. The Labute approximate surface area is 512 Å². The highest BCUT2D eigenvalue weighted by molar-refractivity contribution is 7.86. The number of fused-ring (bicyclic) bond motifs is 2. The molecule has 0 aliphatic carbocycles. The molecule has 2 aliphatic rings. The van der Waals surface area contributed by atoms with Crippen LogP contribution in [0.15, 0.2) is 131 Å². The third kappa shape index (κ3) is 18.7. The van der Waals surface area contributed by atoms with E-state index in [1.165, 1.54) is 70.8 Å². The summed E-state index contributed by atoms with van der Waals surface area (Å²) in [5.74, 6) is 5.06. The molecule has 4 atom stereocenters. The molecule has 0 saturated heterocycles. The van der Waals surface area contributed by atoms with Gasteiger partial charge in [-0.3, -0.25) is 9.59 Å². The zero-order valence-electron chi connectivity index (χ0n) is 51.4. The normalized spacial score (nSPS) is 17.7. The van der Waals surface area contributed by atoms with Gasteiger partial charge in [0.15, 0.2) is 46.0 Å². The molecule has 0 unspecified atom stereocenters. The van der Waals surface area contributed by atoms with Crippen LogP contribution in [0.25, 0.3) is 0 Å². The lowest BCUT2D eigenvalue weighted by molar-refractivity contribution is -0.940. The van der Waals surface area contributed by atoms with Gasteiger partial charge in [0.25, 0.3) is 0 Å². The number of carbonyl (C=O) groups excluding carboxylic acids is 2. The van der Waals surface area contributed by atoms with Crippen LogP contribution in [0.5, 0.6) is 46.0 Å². The van der Waals surface area contributed by atoms with Crippen LogP contribution in [0.1, 0.15) is 77.6 Å². The number of methoxy groups -OCH3 is 8. The highest BCUT2D eigenvalue weighted by atomic mass is 32.2. The van der Waals surface area contributed by atoms with Crippen molar-refractivity contribution in [2.24, 2.45) is 0 Å². The van der Waals surface area contributed by atoms with E-state index in [2.05, 4.69) is 50.5 Å². The van der Waals surface area contributed by atoms with Gasteiger partial charge in [0.2, 0.25) is 0 Å². The lowest BCUT2D eigenvalue weighted by atomic mass is 9.86. The van der Waals surface area contributed by atoms with Crippen molar-refractivity contribution in [3.63, 3.8) is 0 Å². The summed E-state index contributed by atoms with van der Waals surface area (Å²) in [5, 5.41) is 0. The molecule has 472 valence electrons. The molecule has 2 aliphatic heterocycles. The van der Waals surface area contributed by atoms with Crippen LogP contribution in [0.3, 0.4) is 0 Å². The quantitative estimate of drug-likeness (QED) is 0.0213. The predicted octanol–water partition coefficient (Wildman–Crippen LogP) is 9.25. The Balaban J connectivity index is 0.000000507. The van der Waals surface area contributed by atoms with Crippen molar-refractivity contribution < 1.29 is 91.9 Å². The first kappa shape index (κ1) is 68.5. The van der Waals surface area contributed by atoms with E-state index >= 15 is 0 Å². The number of benzene rings is 6. The maximum Gasteiger partial charge on any atom is 0.311 e. The molecule has 0 bridgehead atoms. The van der Waals surface area contributed by atoms with Crippen LogP contribution < -0.4 is 37.9 Å². The molecule has 6 aromatic carbocycles. The van der Waals surface area contributed by atoms with Crippen molar-refractivity contribution in [3.8, 4) is 46.0 Å². The minimum Gasteiger partial charge on any atom is -0.744 e. The summed E-state index contributed by atoms with van der Waals surface area (Å²) in [5.41, 5.74) is 7.00. The third-order valence-corrected chi connectivity index (χ3v) is 17.8. The Morgan fingerprint density at radius 2 is 0.759 bits per heavy atom. The fraction of sp³-hybridized carbons (Fsp3) is 0.415. The van der Waals surface area contributed by atoms with Crippen molar-refractivity contribution in [2.75, 3.05) is 110 Å². The van der Waals surface area contributed by atoms with E-state index in [1.807, 2.05) is 24.3 Å². The lowest BCUT2D eigenvalue weighted by Crippen LogP contribution is -2.53. The molecule has 0 N–H and O–H groups in total. The molecule has 8 rings (SSSR count). The van der Waals surface area contributed by atoms with Gasteiger partial charge in [0.05, 0.1) is 133 Å². The number of nitrogens with zero attached hydrogens (tertiary/aromatic N) is 2. The Hall–Kier alpha value is -7.60. The highest BCUT2D eigenvalue weighted by Gasteiger charge is 2.42. The smallest absolute Gasteiger partial charge is 0.311 e. The second-order valence-electron chi connectivity index (χ2n) is 21.5. The summed E-state index contributed by atoms with van der Waals surface area (Å²) < 4.78 is 120. The summed E-state index contributed by atoms with van der Waals surface area (Å²) in [6.45, 7) is 3.57. The molecule has 0 spiro atoms. The van der Waals surface area contributed by atoms with Crippen molar-refractivity contribution in [1.82, 2.24) is 0 Å². The van der Waals surface area contributed by atoms with Gasteiger partial charge in [-0.15, -0.1) is 0 Å². The van der Waals surface area contributed by atoms with Gasteiger partial charge < -0.3 is 65.4 Å². The molecule has 87 heavy (non-hydrogen) atoms. The Morgan fingerprint density at radius 1 is 0.437 bits per heavy atom. The number of hydrogen-bond donors (Lipinski definition) is 0. The summed E-state index contributed by atoms with van der Waals surface area (Å²) in [4.78, 5) is 26.0. The Morgan fingerprint density at radius 3 is 1.07 bits per heavy atom. The molecule has 0 aromatic heterocycles. The number of likely N-dealkylation sites (N-methyl/N-ethyl adjacent to an activating group) is 2. The van der Waals surface area contributed by atoms with E-state index in [1.54, 1.807) is 69.0 Å². The first-order chi connectivity index (χ1) is 41.6. The Bertz CT molecular complexity index is 3230. The fourth-order valence-electron chi connectivity index (χ4n) is 11.1. The van der Waals surface area contributed by atoms with E-state index in [4.69, 9.17) is 47.4 Å². The molecule has 0 fully saturated rings. The molecule has 0 saturated carbocycles. The van der Waals surface area contributed by atoms with Gasteiger partial charge in [-0.05, 0) is 114 Å². The number of unbranched alkanes of at least 4 members (excludes halogenated alkanes) is 2. The van der Waals surface area contributed by atoms with Gasteiger partial charge in [0, 0.05) is 36.8 Å². The Kier molecular flexibility index (Phi) is 25.1. The SMILES string of the molecule is COc1ccc(C[C@@H]2c3cc(OC)c(OC)cc3CC[N@+]2(C)CCC(=O)OCCCCCOC(=O)CC[N@@+]2(C)CCc3cc(OC)c(OC)cc3[C@H]2Cc2ccc(OC)c(OC)c2)cc1OC.O=S(=O)([O-])c1ccccc1.O=S(=O)([O-])c1ccccc1. The van der Waals surface area contributed by atoms with Gasteiger partial charge in [-0.2, -0.15) is 0 Å². The van der Waals surface area contributed by atoms with E-state index in [-0.39, 0.29) is 33.8 Å². The monoisotopic (exact) mass is 1240 g/mol. The van der Waals surface area contributed by atoms with E-state index in [9.17, 15) is 35.5 Å². The molecule has 22 heteroatoms. The minimum atomic E-state index is -4.25. The summed E-state index contributed by atoms with van der Waals surface area (Å²) in [7, 11) is 9.11. The number of esters is 2. The summed E-state index contributed by atoms with van der Waals surface area (Å²) in [6.07, 6.45) is 5.85. The fourth-order valence-corrected chi connectivity index (χ4v) is 12.1. The molecule has 2 heterocycles. The second kappa shape index (κ2) is 31.9. The number of hydrogen-bond acceptors (Lipinski definition) is 18. The van der Waals surface area contributed by atoms with E-state index in [0.717, 1.165) is 56.3 Å². The first-order valence-corrected chi connectivity index (χ1v) is 31.3. The molecule has 20 nitrogen and oxygen atoms in total. The zero-order chi connectivity index (χ0) is 63.4. The average Bonchev–Trinajstić information content (AvgIpc) is 1.78. The molecule has 0 amide bonds. The third-order valence-electron chi connectivity index (χ3n) is 16.1. The average molecular weight is 1240 g/mol. The highest BCUT2D eigenvalue weighted by Crippen LogP contribution is 2.45. The van der Waals surface area contributed by atoms with Gasteiger partial charge in [-0.25, -0.2) is 16.8 Å². The minimum absolute atomic E-state index is 0.0393. The van der Waals surface area contributed by atoms with Crippen molar-refractivity contribution in [3.05, 3.63) is 155 Å². The predicted molar refractivity (Wildman–Crippen MR) is 324 cm³/mol. The molecular formula is C65H82N2O18S2. The lowest BCUT2D eigenvalue weighted by Gasteiger charge is -2.46. The van der Waals surface area contributed by atoms with Crippen LogP contribution in [0.2, 0.25) is 0 Å². The van der Waals surface area contributed by atoms with Gasteiger partial charge in [-0.1, -0.05) is 48.5 Å². The van der Waals surface area contributed by atoms with E-state index < -0.39 is 20.2 Å². The summed E-state index contributed by atoms with van der Waals surface area (Å²) >= 11 is 0. The van der Waals surface area contributed by atoms with Crippen LogP contribution in [0, 0.1) is 0 Å². The summed E-state index contributed by atoms with van der Waals surface area (Å²) in [6, 6.07) is 34.9. The van der Waals surface area contributed by atoms with Crippen LogP contribution >= 0.6 is 0 Å². The first-order valence-electron chi connectivity index (χ1n) is 28.5. The van der Waals surface area contributed by atoms with Crippen LogP contribution in [0.4, 0.5) is 0 Å². The number of rotatable bonds is 26. The molecule has 6 aromatic rings. The molecular weight excluding hydrogens is 1160 g/mol. The zero-order valence-corrected chi connectivity index (χ0v) is 53.0. The second-order valence-corrected chi connectivity index (χ2v) is 24.3.